The van der Waals surface area contributed by atoms with Crippen LogP contribution in [0, 0.1) is 20.8 Å². The van der Waals surface area contributed by atoms with Gasteiger partial charge in [0.05, 0.1) is 0 Å². The van der Waals surface area contributed by atoms with E-state index in [1.54, 1.807) is 24.3 Å². The Labute approximate surface area is 118 Å². The molecule has 0 aliphatic carbocycles. The summed E-state index contributed by atoms with van der Waals surface area (Å²) in [7, 11) is 0. The number of carbonyl (C=O) groups excluding carboxylic acids is 2. The average Bonchev–Trinajstić information content (AvgIpc) is 2.38. The quantitative estimate of drug-likeness (QED) is 0.862. The summed E-state index contributed by atoms with van der Waals surface area (Å²) in [5.41, 5.74) is 5.04. The van der Waals surface area contributed by atoms with Crippen molar-refractivity contribution in [3.63, 3.8) is 0 Å². The summed E-state index contributed by atoms with van der Waals surface area (Å²) in [6.45, 7) is 5.88. The van der Waals surface area contributed by atoms with Gasteiger partial charge >= 0.3 is 0 Å². The van der Waals surface area contributed by atoms with Crippen molar-refractivity contribution in [3.8, 4) is 0 Å². The van der Waals surface area contributed by atoms with Gasteiger partial charge in [-0.05, 0) is 56.2 Å². The number of hydrogen-bond acceptors (Lipinski definition) is 2. The zero-order valence-electron chi connectivity index (χ0n) is 11.9. The fourth-order valence-electron chi connectivity index (χ4n) is 2.38. The van der Waals surface area contributed by atoms with Gasteiger partial charge in [0.25, 0.3) is 5.91 Å². The second kappa shape index (κ2) is 5.70. The van der Waals surface area contributed by atoms with Crippen LogP contribution in [0.15, 0.2) is 36.4 Å². The monoisotopic (exact) mass is 267 g/mol. The Balaban J connectivity index is 2.25. The molecule has 0 unspecified atom stereocenters. The molecule has 0 heterocycles. The smallest absolute Gasteiger partial charge is 0.256 e. The Morgan fingerprint density at radius 1 is 1.00 bits per heavy atom. The average molecular weight is 267 g/mol. The summed E-state index contributed by atoms with van der Waals surface area (Å²) < 4.78 is 0. The Kier molecular flexibility index (Phi) is 3.99. The number of anilines is 1. The molecule has 2 rings (SSSR count). The van der Waals surface area contributed by atoms with Crippen LogP contribution in [0.25, 0.3) is 0 Å². The van der Waals surface area contributed by atoms with Crippen LogP contribution in [-0.4, -0.2) is 12.2 Å². The van der Waals surface area contributed by atoms with Crippen LogP contribution in [0.2, 0.25) is 0 Å². The predicted molar refractivity (Wildman–Crippen MR) is 80.4 cm³/mol. The van der Waals surface area contributed by atoms with Gasteiger partial charge in [0, 0.05) is 16.8 Å². The van der Waals surface area contributed by atoms with Crippen molar-refractivity contribution >= 4 is 17.9 Å². The van der Waals surface area contributed by atoms with Crippen LogP contribution >= 0.6 is 0 Å². The van der Waals surface area contributed by atoms with Crippen molar-refractivity contribution in [2.24, 2.45) is 0 Å². The lowest BCUT2D eigenvalue weighted by atomic mass is 9.99. The molecule has 0 aliphatic rings. The van der Waals surface area contributed by atoms with E-state index in [4.69, 9.17) is 0 Å². The minimum atomic E-state index is -0.126. The van der Waals surface area contributed by atoms with E-state index in [1.807, 2.05) is 32.9 Å². The van der Waals surface area contributed by atoms with Crippen LogP contribution in [-0.2, 0) is 0 Å². The highest BCUT2D eigenvalue weighted by atomic mass is 16.1. The molecule has 3 heteroatoms. The second-order valence-corrected chi connectivity index (χ2v) is 4.97. The third-order valence-electron chi connectivity index (χ3n) is 3.21. The molecule has 0 saturated heterocycles. The van der Waals surface area contributed by atoms with Crippen LogP contribution in [0.5, 0.6) is 0 Å². The fourth-order valence-corrected chi connectivity index (χ4v) is 2.38. The summed E-state index contributed by atoms with van der Waals surface area (Å²) >= 11 is 0. The number of benzene rings is 2. The molecular weight excluding hydrogens is 250 g/mol. The molecule has 20 heavy (non-hydrogen) atoms. The molecule has 1 amide bonds. The van der Waals surface area contributed by atoms with Gasteiger partial charge < -0.3 is 5.32 Å². The lowest BCUT2D eigenvalue weighted by Gasteiger charge is -2.11. The lowest BCUT2D eigenvalue weighted by Crippen LogP contribution is -2.15. The van der Waals surface area contributed by atoms with E-state index in [0.29, 0.717) is 16.8 Å². The summed E-state index contributed by atoms with van der Waals surface area (Å²) in [6.07, 6.45) is 0.778. The molecular formula is C17H17NO2. The minimum absolute atomic E-state index is 0.126. The van der Waals surface area contributed by atoms with Crippen molar-refractivity contribution < 1.29 is 9.59 Å². The number of carbonyl (C=O) groups is 2. The maximum absolute atomic E-state index is 12.3. The van der Waals surface area contributed by atoms with Crippen molar-refractivity contribution in [2.75, 3.05) is 5.32 Å². The van der Waals surface area contributed by atoms with Gasteiger partial charge in [0.1, 0.15) is 6.29 Å². The molecule has 0 saturated carbocycles. The van der Waals surface area contributed by atoms with Crippen LogP contribution in [0.4, 0.5) is 5.69 Å². The first-order valence-electron chi connectivity index (χ1n) is 6.45. The Bertz CT molecular complexity index is 634. The highest BCUT2D eigenvalue weighted by molar-refractivity contribution is 6.06. The normalized spacial score (nSPS) is 10.2. The SMILES string of the molecule is Cc1cc(C)c(C(=O)Nc2ccc(C=O)cc2)c(C)c1. The third-order valence-corrected chi connectivity index (χ3v) is 3.21. The Morgan fingerprint density at radius 2 is 1.55 bits per heavy atom. The number of hydrogen-bond donors (Lipinski definition) is 1. The predicted octanol–water partition coefficient (Wildman–Crippen LogP) is 3.68. The van der Waals surface area contributed by atoms with E-state index in [0.717, 1.165) is 23.0 Å². The molecule has 0 aliphatic heterocycles. The highest BCUT2D eigenvalue weighted by Crippen LogP contribution is 2.18. The molecule has 2 aromatic rings. The molecule has 0 spiro atoms. The highest BCUT2D eigenvalue weighted by Gasteiger charge is 2.12. The molecule has 102 valence electrons. The number of nitrogens with one attached hydrogen (secondary N) is 1. The summed E-state index contributed by atoms with van der Waals surface area (Å²) in [5.74, 6) is -0.126. The molecule has 0 atom stereocenters. The van der Waals surface area contributed by atoms with E-state index >= 15 is 0 Å². The van der Waals surface area contributed by atoms with Crippen molar-refractivity contribution in [1.82, 2.24) is 0 Å². The lowest BCUT2D eigenvalue weighted by molar-refractivity contribution is 0.102. The van der Waals surface area contributed by atoms with E-state index in [1.165, 1.54) is 0 Å². The minimum Gasteiger partial charge on any atom is -0.322 e. The molecule has 0 radical (unpaired) electrons. The Morgan fingerprint density at radius 3 is 2.05 bits per heavy atom. The van der Waals surface area contributed by atoms with Crippen molar-refractivity contribution in [1.29, 1.82) is 0 Å². The van der Waals surface area contributed by atoms with Gasteiger partial charge in [-0.2, -0.15) is 0 Å². The number of aryl methyl sites for hydroxylation is 3. The maximum atomic E-state index is 12.3. The van der Waals surface area contributed by atoms with E-state index in [-0.39, 0.29) is 5.91 Å². The zero-order chi connectivity index (χ0) is 14.7. The standard InChI is InChI=1S/C17H17NO2/c1-11-8-12(2)16(13(3)9-11)17(20)18-15-6-4-14(10-19)5-7-15/h4-10H,1-3H3,(H,18,20). The van der Waals surface area contributed by atoms with E-state index < -0.39 is 0 Å². The van der Waals surface area contributed by atoms with Crippen LogP contribution in [0.1, 0.15) is 37.4 Å². The first-order chi connectivity index (χ1) is 9.51. The topological polar surface area (TPSA) is 46.2 Å². The maximum Gasteiger partial charge on any atom is 0.256 e. The third kappa shape index (κ3) is 2.94. The van der Waals surface area contributed by atoms with Crippen LogP contribution < -0.4 is 5.32 Å². The van der Waals surface area contributed by atoms with E-state index in [2.05, 4.69) is 5.32 Å². The van der Waals surface area contributed by atoms with Crippen molar-refractivity contribution in [2.45, 2.75) is 20.8 Å². The molecule has 1 N–H and O–H groups in total. The van der Waals surface area contributed by atoms with E-state index in [9.17, 15) is 9.59 Å². The van der Waals surface area contributed by atoms with Gasteiger partial charge in [-0.15, -0.1) is 0 Å². The van der Waals surface area contributed by atoms with Gasteiger partial charge in [0.2, 0.25) is 0 Å². The largest absolute Gasteiger partial charge is 0.322 e. The van der Waals surface area contributed by atoms with Crippen molar-refractivity contribution in [3.05, 3.63) is 64.2 Å². The molecule has 0 aromatic heterocycles. The molecule has 0 fully saturated rings. The number of amides is 1. The van der Waals surface area contributed by atoms with Gasteiger partial charge in [0.15, 0.2) is 0 Å². The number of aldehydes is 1. The van der Waals surface area contributed by atoms with Gasteiger partial charge in [-0.1, -0.05) is 17.7 Å². The molecule has 3 nitrogen and oxygen atoms in total. The molecule has 2 aromatic carbocycles. The zero-order valence-corrected chi connectivity index (χ0v) is 11.9. The van der Waals surface area contributed by atoms with Gasteiger partial charge in [-0.25, -0.2) is 0 Å². The summed E-state index contributed by atoms with van der Waals surface area (Å²) in [4.78, 5) is 22.9. The van der Waals surface area contributed by atoms with Crippen LogP contribution in [0.3, 0.4) is 0 Å². The van der Waals surface area contributed by atoms with Gasteiger partial charge in [-0.3, -0.25) is 9.59 Å². The second-order valence-electron chi connectivity index (χ2n) is 4.97. The Hall–Kier alpha value is -2.42. The number of rotatable bonds is 3. The molecule has 0 bridgehead atoms. The first-order valence-corrected chi connectivity index (χ1v) is 6.45. The fraction of sp³-hybridized carbons (Fsp3) is 0.176. The summed E-state index contributed by atoms with van der Waals surface area (Å²) in [6, 6.07) is 10.8. The summed E-state index contributed by atoms with van der Waals surface area (Å²) in [5, 5.41) is 2.86. The first kappa shape index (κ1) is 14.0.